The standard InChI is InChI=1S/C18H21NO4S2/c1-2-15-14-7-11-24-18(14)6-8-19(15)25(20,21)13-4-5-16-17(12-13)23-10-3-9-22-16/h4-5,7,11-12,15H,2-3,6,8-10H2,1H3. The molecule has 5 nitrogen and oxygen atoms in total. The van der Waals surface area contributed by atoms with Crippen LogP contribution in [0.4, 0.5) is 0 Å². The van der Waals surface area contributed by atoms with E-state index in [9.17, 15) is 8.42 Å². The van der Waals surface area contributed by atoms with E-state index in [0.717, 1.165) is 24.8 Å². The van der Waals surface area contributed by atoms with Crippen LogP contribution in [0.5, 0.6) is 11.5 Å². The molecule has 7 heteroatoms. The molecule has 1 aromatic heterocycles. The summed E-state index contributed by atoms with van der Waals surface area (Å²) in [4.78, 5) is 1.57. The quantitative estimate of drug-likeness (QED) is 0.818. The topological polar surface area (TPSA) is 55.8 Å². The minimum absolute atomic E-state index is 0.101. The third kappa shape index (κ3) is 2.94. The minimum Gasteiger partial charge on any atom is -0.490 e. The number of nitrogens with zero attached hydrogens (tertiary/aromatic N) is 1. The summed E-state index contributed by atoms with van der Waals surface area (Å²) < 4.78 is 39.5. The summed E-state index contributed by atoms with van der Waals surface area (Å²) >= 11 is 1.72. The first-order valence-corrected chi connectivity index (χ1v) is 10.9. The summed E-state index contributed by atoms with van der Waals surface area (Å²) in [6.07, 6.45) is 2.32. The van der Waals surface area contributed by atoms with Crippen molar-refractivity contribution in [1.82, 2.24) is 4.31 Å². The number of sulfonamides is 1. The van der Waals surface area contributed by atoms with E-state index in [1.165, 1.54) is 4.88 Å². The molecule has 0 N–H and O–H groups in total. The zero-order chi connectivity index (χ0) is 17.4. The molecule has 0 bridgehead atoms. The molecule has 3 heterocycles. The van der Waals surface area contributed by atoms with Gasteiger partial charge in [0.1, 0.15) is 0 Å². The van der Waals surface area contributed by atoms with Crippen LogP contribution in [0.15, 0.2) is 34.5 Å². The summed E-state index contributed by atoms with van der Waals surface area (Å²) in [5.41, 5.74) is 1.15. The number of rotatable bonds is 3. The lowest BCUT2D eigenvalue weighted by Crippen LogP contribution is -2.39. The van der Waals surface area contributed by atoms with E-state index in [-0.39, 0.29) is 10.9 Å². The molecule has 4 rings (SSSR count). The molecule has 2 aliphatic rings. The minimum atomic E-state index is -3.59. The third-order valence-corrected chi connectivity index (χ3v) is 7.66. The van der Waals surface area contributed by atoms with Crippen molar-refractivity contribution in [3.8, 4) is 11.5 Å². The number of fused-ring (bicyclic) bond motifs is 2. The maximum absolute atomic E-state index is 13.3. The highest BCUT2D eigenvalue weighted by atomic mass is 32.2. The fraction of sp³-hybridized carbons (Fsp3) is 0.444. The predicted molar refractivity (Wildman–Crippen MR) is 97.0 cm³/mol. The van der Waals surface area contributed by atoms with E-state index in [1.54, 1.807) is 33.8 Å². The Balaban J connectivity index is 1.71. The number of hydrogen-bond acceptors (Lipinski definition) is 5. The molecule has 25 heavy (non-hydrogen) atoms. The third-order valence-electron chi connectivity index (χ3n) is 4.76. The largest absolute Gasteiger partial charge is 0.490 e. The lowest BCUT2D eigenvalue weighted by Gasteiger charge is -2.34. The monoisotopic (exact) mass is 379 g/mol. The van der Waals surface area contributed by atoms with Crippen molar-refractivity contribution in [2.24, 2.45) is 0 Å². The molecule has 0 radical (unpaired) electrons. The molecule has 0 fully saturated rings. The predicted octanol–water partition coefficient (Wildman–Crippen LogP) is 3.61. The Kier molecular flexibility index (Phi) is 4.47. The molecular weight excluding hydrogens is 358 g/mol. The second-order valence-corrected chi connectivity index (χ2v) is 9.14. The van der Waals surface area contributed by atoms with Crippen molar-refractivity contribution in [3.05, 3.63) is 40.1 Å². The number of benzene rings is 1. The maximum atomic E-state index is 13.3. The maximum Gasteiger partial charge on any atom is 0.243 e. The van der Waals surface area contributed by atoms with Gasteiger partial charge in [-0.3, -0.25) is 0 Å². The van der Waals surface area contributed by atoms with Crippen LogP contribution in [-0.2, 0) is 16.4 Å². The van der Waals surface area contributed by atoms with Crippen LogP contribution in [0, 0.1) is 0 Å². The highest BCUT2D eigenvalue weighted by molar-refractivity contribution is 7.89. The zero-order valence-electron chi connectivity index (χ0n) is 14.1. The highest BCUT2D eigenvalue weighted by Crippen LogP contribution is 2.40. The Morgan fingerprint density at radius 2 is 2.00 bits per heavy atom. The summed E-state index contributed by atoms with van der Waals surface area (Å²) in [6.45, 7) is 3.68. The van der Waals surface area contributed by atoms with Gasteiger partial charge < -0.3 is 9.47 Å². The summed E-state index contributed by atoms with van der Waals surface area (Å²) in [7, 11) is -3.59. The molecule has 0 saturated heterocycles. The van der Waals surface area contributed by atoms with Gasteiger partial charge in [0.15, 0.2) is 11.5 Å². The highest BCUT2D eigenvalue weighted by Gasteiger charge is 2.36. The number of hydrogen-bond donors (Lipinski definition) is 0. The van der Waals surface area contributed by atoms with Crippen LogP contribution in [0.2, 0.25) is 0 Å². The lowest BCUT2D eigenvalue weighted by atomic mass is 10.0. The second kappa shape index (κ2) is 6.63. The van der Waals surface area contributed by atoms with Crippen molar-refractivity contribution in [1.29, 1.82) is 0 Å². The molecule has 1 unspecified atom stereocenters. The lowest BCUT2D eigenvalue weighted by molar-refractivity contribution is 0.296. The number of thiophene rings is 1. The van der Waals surface area contributed by atoms with Gasteiger partial charge in [-0.15, -0.1) is 11.3 Å². The molecule has 0 aliphatic carbocycles. The van der Waals surface area contributed by atoms with E-state index in [4.69, 9.17) is 9.47 Å². The van der Waals surface area contributed by atoms with Gasteiger partial charge in [-0.2, -0.15) is 4.31 Å². The number of ether oxygens (including phenoxy) is 2. The van der Waals surface area contributed by atoms with Crippen molar-refractivity contribution in [2.45, 2.75) is 37.1 Å². The SMILES string of the molecule is CCC1c2ccsc2CCN1S(=O)(=O)c1ccc2c(c1)OCCCO2. The van der Waals surface area contributed by atoms with Crippen LogP contribution in [0.25, 0.3) is 0 Å². The van der Waals surface area contributed by atoms with Crippen molar-refractivity contribution in [3.63, 3.8) is 0 Å². The summed E-state index contributed by atoms with van der Waals surface area (Å²) in [6, 6.07) is 6.89. The Morgan fingerprint density at radius 3 is 2.80 bits per heavy atom. The van der Waals surface area contributed by atoms with E-state index >= 15 is 0 Å². The van der Waals surface area contributed by atoms with Crippen LogP contribution in [-0.4, -0.2) is 32.5 Å². The van der Waals surface area contributed by atoms with Crippen LogP contribution in [0.3, 0.4) is 0 Å². The first-order chi connectivity index (χ1) is 12.1. The average Bonchev–Trinajstić information content (AvgIpc) is 2.97. The Morgan fingerprint density at radius 1 is 1.20 bits per heavy atom. The summed E-state index contributed by atoms with van der Waals surface area (Å²) in [5.74, 6) is 1.13. The molecule has 1 atom stereocenters. The van der Waals surface area contributed by atoms with Crippen LogP contribution < -0.4 is 9.47 Å². The molecule has 0 spiro atoms. The normalized spacial score (nSPS) is 20.8. The van der Waals surface area contributed by atoms with Crippen molar-refractivity contribution >= 4 is 21.4 Å². The molecule has 134 valence electrons. The van der Waals surface area contributed by atoms with Gasteiger partial charge >= 0.3 is 0 Å². The fourth-order valence-corrected chi connectivity index (χ4v) is 6.15. The van der Waals surface area contributed by atoms with Crippen molar-refractivity contribution < 1.29 is 17.9 Å². The average molecular weight is 380 g/mol. The van der Waals surface area contributed by atoms with Gasteiger partial charge in [-0.1, -0.05) is 6.92 Å². The van der Waals surface area contributed by atoms with Gasteiger partial charge in [-0.25, -0.2) is 8.42 Å². The van der Waals surface area contributed by atoms with E-state index in [2.05, 4.69) is 11.4 Å². The Hall–Kier alpha value is -1.57. The Labute approximate surface area is 152 Å². The smallest absolute Gasteiger partial charge is 0.243 e. The van der Waals surface area contributed by atoms with E-state index in [1.807, 2.05) is 6.92 Å². The molecular formula is C18H21NO4S2. The zero-order valence-corrected chi connectivity index (χ0v) is 15.7. The van der Waals surface area contributed by atoms with Gasteiger partial charge in [0.2, 0.25) is 10.0 Å². The molecule has 2 aromatic rings. The van der Waals surface area contributed by atoms with Gasteiger partial charge in [0, 0.05) is 23.9 Å². The second-order valence-electron chi connectivity index (χ2n) is 6.25. The first-order valence-electron chi connectivity index (χ1n) is 8.59. The van der Waals surface area contributed by atoms with E-state index in [0.29, 0.717) is 31.3 Å². The molecule has 2 aliphatic heterocycles. The van der Waals surface area contributed by atoms with E-state index < -0.39 is 10.0 Å². The molecule has 0 saturated carbocycles. The van der Waals surface area contributed by atoms with Gasteiger partial charge in [-0.05, 0) is 42.0 Å². The van der Waals surface area contributed by atoms with Crippen molar-refractivity contribution in [2.75, 3.05) is 19.8 Å². The van der Waals surface area contributed by atoms with Crippen LogP contribution >= 0.6 is 11.3 Å². The van der Waals surface area contributed by atoms with Crippen LogP contribution in [0.1, 0.15) is 36.2 Å². The molecule has 0 amide bonds. The summed E-state index contributed by atoms with van der Waals surface area (Å²) in [5, 5.41) is 2.05. The fourth-order valence-electron chi connectivity index (χ4n) is 3.52. The van der Waals surface area contributed by atoms with Gasteiger partial charge in [0.25, 0.3) is 0 Å². The first kappa shape index (κ1) is 16.9. The molecule has 1 aromatic carbocycles. The van der Waals surface area contributed by atoms with Gasteiger partial charge in [0.05, 0.1) is 24.2 Å². The Bertz CT molecular complexity index is 875.